The van der Waals surface area contributed by atoms with E-state index in [0.717, 1.165) is 5.56 Å². The third-order valence-corrected chi connectivity index (χ3v) is 3.70. The number of rotatable bonds is 7. The first-order chi connectivity index (χ1) is 12.6. The standard InChI is InChI=1S/C19H19FN4O2/c1-13-11-17(18(25)22-12-16-3-2-10-26-16)24-19(23-13)21-9-8-14-4-6-15(20)7-5-14/h2-7,10-11H,8-9,12H2,1H3,(H,22,25)(H,21,23,24). The Bertz CT molecular complexity index is 864. The molecule has 134 valence electrons. The van der Waals surface area contributed by atoms with E-state index < -0.39 is 0 Å². The van der Waals surface area contributed by atoms with Gasteiger partial charge in [-0.05, 0) is 49.2 Å². The van der Waals surface area contributed by atoms with Crippen LogP contribution >= 0.6 is 0 Å². The summed E-state index contributed by atoms with van der Waals surface area (Å²) >= 11 is 0. The van der Waals surface area contributed by atoms with Crippen molar-refractivity contribution in [3.8, 4) is 0 Å². The zero-order chi connectivity index (χ0) is 18.4. The van der Waals surface area contributed by atoms with Crippen LogP contribution < -0.4 is 10.6 Å². The molecule has 0 spiro atoms. The number of hydrogen-bond acceptors (Lipinski definition) is 5. The molecule has 1 amide bonds. The quantitative estimate of drug-likeness (QED) is 0.681. The van der Waals surface area contributed by atoms with Crippen molar-refractivity contribution in [1.29, 1.82) is 0 Å². The van der Waals surface area contributed by atoms with Crippen molar-refractivity contribution in [3.63, 3.8) is 0 Å². The molecular formula is C19H19FN4O2. The highest BCUT2D eigenvalue weighted by molar-refractivity contribution is 5.92. The van der Waals surface area contributed by atoms with E-state index >= 15 is 0 Å². The topological polar surface area (TPSA) is 80.0 Å². The Morgan fingerprint density at radius 1 is 1.19 bits per heavy atom. The molecule has 0 radical (unpaired) electrons. The highest BCUT2D eigenvalue weighted by Gasteiger charge is 2.11. The first-order valence-corrected chi connectivity index (χ1v) is 8.25. The van der Waals surface area contributed by atoms with E-state index in [9.17, 15) is 9.18 Å². The highest BCUT2D eigenvalue weighted by Crippen LogP contribution is 2.08. The number of amides is 1. The number of carbonyl (C=O) groups is 1. The Kier molecular flexibility index (Phi) is 5.58. The molecule has 6 nitrogen and oxygen atoms in total. The second-order valence-electron chi connectivity index (χ2n) is 5.78. The summed E-state index contributed by atoms with van der Waals surface area (Å²) in [6.45, 7) is 2.67. The number of furan rings is 1. The lowest BCUT2D eigenvalue weighted by atomic mass is 10.1. The number of benzene rings is 1. The summed E-state index contributed by atoms with van der Waals surface area (Å²) in [5.41, 5.74) is 1.98. The smallest absolute Gasteiger partial charge is 0.270 e. The molecule has 0 fully saturated rings. The number of aryl methyl sites for hydroxylation is 1. The van der Waals surface area contributed by atoms with Gasteiger partial charge in [0.25, 0.3) is 5.91 Å². The van der Waals surface area contributed by atoms with Crippen molar-refractivity contribution in [3.05, 3.63) is 77.3 Å². The van der Waals surface area contributed by atoms with Crippen LogP contribution in [-0.4, -0.2) is 22.4 Å². The summed E-state index contributed by atoms with van der Waals surface area (Å²) in [5.74, 6) is 0.499. The van der Waals surface area contributed by atoms with Crippen LogP contribution in [0.25, 0.3) is 0 Å². The zero-order valence-corrected chi connectivity index (χ0v) is 14.3. The Labute approximate surface area is 150 Å². The SMILES string of the molecule is Cc1cc(C(=O)NCc2ccco2)nc(NCCc2ccc(F)cc2)n1. The summed E-state index contributed by atoms with van der Waals surface area (Å²) in [6.07, 6.45) is 2.25. The summed E-state index contributed by atoms with van der Waals surface area (Å²) < 4.78 is 18.1. The molecule has 26 heavy (non-hydrogen) atoms. The van der Waals surface area contributed by atoms with E-state index in [-0.39, 0.29) is 17.4 Å². The monoisotopic (exact) mass is 354 g/mol. The van der Waals surface area contributed by atoms with Gasteiger partial charge in [-0.25, -0.2) is 14.4 Å². The zero-order valence-electron chi connectivity index (χ0n) is 14.3. The van der Waals surface area contributed by atoms with Crippen LogP contribution in [0.2, 0.25) is 0 Å². The molecular weight excluding hydrogens is 335 g/mol. The maximum atomic E-state index is 12.9. The van der Waals surface area contributed by atoms with Gasteiger partial charge in [-0.15, -0.1) is 0 Å². The predicted octanol–water partition coefficient (Wildman–Crippen LogP) is 3.10. The van der Waals surface area contributed by atoms with Gasteiger partial charge in [0.05, 0.1) is 12.8 Å². The van der Waals surface area contributed by atoms with Crippen molar-refractivity contribution in [2.45, 2.75) is 19.9 Å². The second-order valence-corrected chi connectivity index (χ2v) is 5.78. The van der Waals surface area contributed by atoms with E-state index in [2.05, 4.69) is 20.6 Å². The number of anilines is 1. The molecule has 0 atom stereocenters. The lowest BCUT2D eigenvalue weighted by Gasteiger charge is -2.08. The molecule has 3 aromatic rings. The van der Waals surface area contributed by atoms with Gasteiger partial charge < -0.3 is 15.1 Å². The molecule has 0 saturated heterocycles. The van der Waals surface area contributed by atoms with E-state index in [1.165, 1.54) is 12.1 Å². The highest BCUT2D eigenvalue weighted by atomic mass is 19.1. The molecule has 0 aliphatic carbocycles. The average molecular weight is 354 g/mol. The van der Waals surface area contributed by atoms with Crippen LogP contribution in [0.1, 0.15) is 27.5 Å². The molecule has 2 aromatic heterocycles. The second kappa shape index (κ2) is 8.24. The summed E-state index contributed by atoms with van der Waals surface area (Å²) in [4.78, 5) is 20.8. The van der Waals surface area contributed by atoms with Gasteiger partial charge in [-0.1, -0.05) is 12.1 Å². The van der Waals surface area contributed by atoms with Gasteiger partial charge in [0.1, 0.15) is 17.3 Å². The van der Waals surface area contributed by atoms with Crippen LogP contribution in [0.15, 0.2) is 53.1 Å². The van der Waals surface area contributed by atoms with E-state index in [1.807, 2.05) is 0 Å². The van der Waals surface area contributed by atoms with Crippen LogP contribution in [-0.2, 0) is 13.0 Å². The van der Waals surface area contributed by atoms with Crippen LogP contribution in [0, 0.1) is 12.7 Å². The van der Waals surface area contributed by atoms with Crippen molar-refractivity contribution >= 4 is 11.9 Å². The maximum absolute atomic E-state index is 12.9. The third kappa shape index (κ3) is 4.89. The van der Waals surface area contributed by atoms with Gasteiger partial charge >= 0.3 is 0 Å². The summed E-state index contributed by atoms with van der Waals surface area (Å²) in [5, 5.41) is 5.86. The fraction of sp³-hybridized carbons (Fsp3) is 0.211. The number of carbonyl (C=O) groups excluding carboxylic acids is 1. The van der Waals surface area contributed by atoms with E-state index in [1.54, 1.807) is 43.5 Å². The van der Waals surface area contributed by atoms with Gasteiger partial charge in [0.2, 0.25) is 5.95 Å². The molecule has 0 bridgehead atoms. The van der Waals surface area contributed by atoms with Crippen LogP contribution in [0.4, 0.5) is 10.3 Å². The molecule has 0 unspecified atom stereocenters. The van der Waals surface area contributed by atoms with E-state index in [0.29, 0.717) is 36.9 Å². The summed E-state index contributed by atoms with van der Waals surface area (Å²) in [6, 6.07) is 11.5. The maximum Gasteiger partial charge on any atom is 0.270 e. The number of nitrogens with one attached hydrogen (secondary N) is 2. The normalized spacial score (nSPS) is 10.5. The number of halogens is 1. The van der Waals surface area contributed by atoms with Crippen molar-refractivity contribution in [2.24, 2.45) is 0 Å². The van der Waals surface area contributed by atoms with Gasteiger partial charge in [-0.2, -0.15) is 0 Å². The molecule has 1 aromatic carbocycles. The van der Waals surface area contributed by atoms with E-state index in [4.69, 9.17) is 4.42 Å². The minimum absolute atomic E-state index is 0.256. The number of nitrogens with zero attached hydrogens (tertiary/aromatic N) is 2. The van der Waals surface area contributed by atoms with Crippen molar-refractivity contribution in [1.82, 2.24) is 15.3 Å². The fourth-order valence-corrected chi connectivity index (χ4v) is 2.40. The minimum atomic E-state index is -0.298. The largest absolute Gasteiger partial charge is 0.467 e. The van der Waals surface area contributed by atoms with Crippen molar-refractivity contribution < 1.29 is 13.6 Å². The molecule has 0 aliphatic heterocycles. The molecule has 2 N–H and O–H groups in total. The number of hydrogen-bond donors (Lipinski definition) is 2. The molecule has 0 aliphatic rings. The molecule has 7 heteroatoms. The molecule has 3 rings (SSSR count). The van der Waals surface area contributed by atoms with Gasteiger partial charge in [0.15, 0.2) is 0 Å². The summed E-state index contributed by atoms with van der Waals surface area (Å²) in [7, 11) is 0. The Balaban J connectivity index is 1.57. The average Bonchev–Trinajstić information content (AvgIpc) is 3.14. The fourth-order valence-electron chi connectivity index (χ4n) is 2.40. The minimum Gasteiger partial charge on any atom is -0.467 e. The number of aromatic nitrogens is 2. The molecule has 0 saturated carbocycles. The first-order valence-electron chi connectivity index (χ1n) is 8.25. The lowest BCUT2D eigenvalue weighted by Crippen LogP contribution is -2.24. The predicted molar refractivity (Wildman–Crippen MR) is 95.2 cm³/mol. The van der Waals surface area contributed by atoms with Crippen molar-refractivity contribution in [2.75, 3.05) is 11.9 Å². The third-order valence-electron chi connectivity index (χ3n) is 3.70. The van der Waals surface area contributed by atoms with Crippen LogP contribution in [0.5, 0.6) is 0 Å². The molecule has 2 heterocycles. The van der Waals surface area contributed by atoms with Gasteiger partial charge in [-0.3, -0.25) is 4.79 Å². The lowest BCUT2D eigenvalue weighted by molar-refractivity contribution is 0.0943. The van der Waals surface area contributed by atoms with Gasteiger partial charge in [0, 0.05) is 12.2 Å². The Morgan fingerprint density at radius 3 is 2.73 bits per heavy atom. The Hall–Kier alpha value is -3.22. The first kappa shape index (κ1) is 17.6. The Morgan fingerprint density at radius 2 is 2.00 bits per heavy atom. The van der Waals surface area contributed by atoms with Crippen LogP contribution in [0.3, 0.4) is 0 Å².